The van der Waals surface area contributed by atoms with Crippen LogP contribution in [0.1, 0.15) is 16.8 Å². The summed E-state index contributed by atoms with van der Waals surface area (Å²) in [5.74, 6) is 0.143. The smallest absolute Gasteiger partial charge is 0.253 e. The molecule has 2 fully saturated rings. The maximum atomic E-state index is 14.6. The normalized spacial score (nSPS) is 18.9. The van der Waals surface area contributed by atoms with Gasteiger partial charge in [-0.3, -0.25) is 14.7 Å². The largest absolute Gasteiger partial charge is 0.488 e. The van der Waals surface area contributed by atoms with Gasteiger partial charge in [0.2, 0.25) is 5.91 Å². The highest BCUT2D eigenvalue weighted by atomic mass is 19.1. The Bertz CT molecular complexity index is 1460. The van der Waals surface area contributed by atoms with Crippen LogP contribution in [-0.2, 0) is 9.53 Å². The van der Waals surface area contributed by atoms with Gasteiger partial charge in [0, 0.05) is 61.2 Å². The average Bonchev–Trinajstić information content (AvgIpc) is 3.67. The molecule has 2 amide bonds. The predicted octanol–water partition coefficient (Wildman–Crippen LogP) is 3.01. The number of ether oxygens (including phenoxy) is 2. The molecule has 0 aliphatic carbocycles. The van der Waals surface area contributed by atoms with Crippen molar-refractivity contribution in [3.63, 3.8) is 0 Å². The standard InChI is InChI=1S/C26H24FN5O5/c1-35-6-7-36-22-11-20-17(9-18(22)27)25(30-29-20)23-10-19(31-37-23)14-2-4-15(5-3-14)26(34)32-12-16-8-24(33)28-21(16)13-32/h2-5,9-11,16,21H,6-8,12-13H2,1H3,(H,28,33)(H,29,30)/t16-,21+/m1/s1. The Labute approximate surface area is 210 Å². The molecule has 2 aromatic carbocycles. The molecular formula is C26H24FN5O5. The number of aromatic amines is 1. The van der Waals surface area contributed by atoms with Gasteiger partial charge in [-0.1, -0.05) is 17.3 Å². The van der Waals surface area contributed by atoms with Crippen LogP contribution in [-0.4, -0.2) is 71.5 Å². The van der Waals surface area contributed by atoms with Crippen LogP contribution in [0.3, 0.4) is 0 Å². The zero-order valence-electron chi connectivity index (χ0n) is 20.0. The number of halogens is 1. The number of H-pyrrole nitrogens is 1. The van der Waals surface area contributed by atoms with E-state index in [-0.39, 0.29) is 36.1 Å². The lowest BCUT2D eigenvalue weighted by Crippen LogP contribution is -2.35. The summed E-state index contributed by atoms with van der Waals surface area (Å²) in [6.07, 6.45) is 0.475. The zero-order chi connectivity index (χ0) is 25.5. The van der Waals surface area contributed by atoms with E-state index >= 15 is 0 Å². The molecule has 190 valence electrons. The number of amides is 2. The van der Waals surface area contributed by atoms with Gasteiger partial charge in [0.15, 0.2) is 17.3 Å². The third-order valence-corrected chi connectivity index (χ3v) is 6.85. The van der Waals surface area contributed by atoms with Crippen molar-refractivity contribution in [2.24, 2.45) is 5.92 Å². The van der Waals surface area contributed by atoms with Gasteiger partial charge >= 0.3 is 0 Å². The fraction of sp³-hybridized carbons (Fsp3) is 0.308. The number of rotatable bonds is 7. The van der Waals surface area contributed by atoms with E-state index in [1.807, 2.05) is 0 Å². The maximum Gasteiger partial charge on any atom is 0.253 e. The van der Waals surface area contributed by atoms with Crippen LogP contribution in [0.25, 0.3) is 33.6 Å². The molecular weight excluding hydrogens is 481 g/mol. The number of nitrogens with zero attached hydrogens (tertiary/aromatic N) is 3. The molecule has 4 aromatic rings. The number of fused-ring (bicyclic) bond motifs is 2. The minimum atomic E-state index is -0.518. The van der Waals surface area contributed by atoms with Crippen molar-refractivity contribution in [3.8, 4) is 28.5 Å². The summed E-state index contributed by atoms with van der Waals surface area (Å²) in [5.41, 5.74) is 2.90. The molecule has 2 aliphatic heterocycles. The molecule has 2 N–H and O–H groups in total. The van der Waals surface area contributed by atoms with E-state index in [0.717, 1.165) is 5.56 Å². The topological polar surface area (TPSA) is 123 Å². The van der Waals surface area contributed by atoms with Gasteiger partial charge in [-0.15, -0.1) is 0 Å². The molecule has 10 nitrogen and oxygen atoms in total. The van der Waals surface area contributed by atoms with Gasteiger partial charge in [-0.05, 0) is 18.2 Å². The summed E-state index contributed by atoms with van der Waals surface area (Å²) in [7, 11) is 1.55. The number of benzene rings is 2. The lowest BCUT2D eigenvalue weighted by Gasteiger charge is -2.17. The summed E-state index contributed by atoms with van der Waals surface area (Å²) in [6.45, 7) is 1.69. The van der Waals surface area contributed by atoms with E-state index in [0.29, 0.717) is 59.7 Å². The van der Waals surface area contributed by atoms with E-state index in [2.05, 4.69) is 20.7 Å². The Balaban J connectivity index is 1.18. The van der Waals surface area contributed by atoms with Crippen LogP contribution in [0.5, 0.6) is 5.75 Å². The number of nitrogens with one attached hydrogen (secondary N) is 2. The molecule has 2 atom stereocenters. The minimum Gasteiger partial charge on any atom is -0.488 e. The summed E-state index contributed by atoms with van der Waals surface area (Å²) >= 11 is 0. The van der Waals surface area contributed by atoms with Gasteiger partial charge in [-0.2, -0.15) is 5.10 Å². The molecule has 6 rings (SSSR count). The van der Waals surface area contributed by atoms with Crippen molar-refractivity contribution < 1.29 is 28.0 Å². The Morgan fingerprint density at radius 2 is 2.03 bits per heavy atom. The lowest BCUT2D eigenvalue weighted by atomic mass is 10.1. The van der Waals surface area contributed by atoms with Gasteiger partial charge in [0.1, 0.15) is 18.0 Å². The van der Waals surface area contributed by atoms with Crippen molar-refractivity contribution in [2.45, 2.75) is 12.5 Å². The number of aromatic nitrogens is 3. The van der Waals surface area contributed by atoms with Crippen molar-refractivity contribution in [2.75, 3.05) is 33.4 Å². The monoisotopic (exact) mass is 505 g/mol. The second-order valence-corrected chi connectivity index (χ2v) is 9.24. The molecule has 0 radical (unpaired) electrons. The van der Waals surface area contributed by atoms with Crippen LogP contribution in [0.15, 0.2) is 47.0 Å². The van der Waals surface area contributed by atoms with E-state index in [9.17, 15) is 14.0 Å². The predicted molar refractivity (Wildman–Crippen MR) is 130 cm³/mol. The second kappa shape index (κ2) is 9.32. The first-order valence-corrected chi connectivity index (χ1v) is 12.0. The number of hydrogen-bond donors (Lipinski definition) is 2. The molecule has 4 heterocycles. The van der Waals surface area contributed by atoms with Crippen molar-refractivity contribution in [1.82, 2.24) is 25.6 Å². The molecule has 2 aromatic heterocycles. The van der Waals surface area contributed by atoms with E-state index < -0.39 is 5.82 Å². The summed E-state index contributed by atoms with van der Waals surface area (Å²) in [6, 6.07) is 11.8. The third kappa shape index (κ3) is 4.31. The Morgan fingerprint density at radius 3 is 2.81 bits per heavy atom. The molecule has 11 heteroatoms. The highest BCUT2D eigenvalue weighted by molar-refractivity contribution is 5.95. The van der Waals surface area contributed by atoms with Gasteiger partial charge < -0.3 is 24.2 Å². The first kappa shape index (κ1) is 23.2. The summed E-state index contributed by atoms with van der Waals surface area (Å²) < 4.78 is 30.5. The van der Waals surface area contributed by atoms with E-state index in [1.165, 1.54) is 6.07 Å². The molecule has 2 aliphatic rings. The Kier molecular flexibility index (Phi) is 5.84. The van der Waals surface area contributed by atoms with Gasteiger partial charge in [0.25, 0.3) is 5.91 Å². The first-order chi connectivity index (χ1) is 18.0. The first-order valence-electron chi connectivity index (χ1n) is 12.0. The Hall–Kier alpha value is -4.25. The van der Waals surface area contributed by atoms with E-state index in [1.54, 1.807) is 48.4 Å². The molecule has 2 saturated heterocycles. The summed E-state index contributed by atoms with van der Waals surface area (Å²) in [5, 5.41) is 14.8. The SMILES string of the molecule is COCCOc1cc2[nH]nc(-c3cc(-c4ccc(C(=O)N5C[C@H]6CC(=O)N[C@H]6C5)cc4)no3)c2cc1F. The van der Waals surface area contributed by atoms with E-state index in [4.69, 9.17) is 14.0 Å². The van der Waals surface area contributed by atoms with Crippen LogP contribution >= 0.6 is 0 Å². The van der Waals surface area contributed by atoms with Crippen molar-refractivity contribution in [3.05, 3.63) is 53.8 Å². The fourth-order valence-corrected chi connectivity index (χ4v) is 4.95. The van der Waals surface area contributed by atoms with Crippen LogP contribution in [0.2, 0.25) is 0 Å². The number of carbonyl (C=O) groups is 2. The maximum absolute atomic E-state index is 14.6. The Morgan fingerprint density at radius 1 is 1.19 bits per heavy atom. The third-order valence-electron chi connectivity index (χ3n) is 6.85. The minimum absolute atomic E-state index is 0.0469. The molecule has 37 heavy (non-hydrogen) atoms. The molecule has 0 bridgehead atoms. The van der Waals surface area contributed by atoms with Gasteiger partial charge in [-0.25, -0.2) is 4.39 Å². The molecule has 0 unspecified atom stereocenters. The number of likely N-dealkylation sites (tertiary alicyclic amines) is 1. The highest BCUT2D eigenvalue weighted by Gasteiger charge is 2.41. The average molecular weight is 506 g/mol. The zero-order valence-corrected chi connectivity index (χ0v) is 20.0. The van der Waals surface area contributed by atoms with Crippen LogP contribution < -0.4 is 10.1 Å². The number of hydrogen-bond acceptors (Lipinski definition) is 7. The fourth-order valence-electron chi connectivity index (χ4n) is 4.95. The van der Waals surface area contributed by atoms with Gasteiger partial charge in [0.05, 0.1) is 18.2 Å². The summed E-state index contributed by atoms with van der Waals surface area (Å²) in [4.78, 5) is 26.3. The van der Waals surface area contributed by atoms with Crippen LogP contribution in [0, 0.1) is 11.7 Å². The number of carbonyl (C=O) groups excluding carboxylic acids is 2. The quantitative estimate of drug-likeness (QED) is 0.370. The molecule has 0 saturated carbocycles. The number of methoxy groups -OCH3 is 1. The van der Waals surface area contributed by atoms with Crippen LogP contribution in [0.4, 0.5) is 4.39 Å². The lowest BCUT2D eigenvalue weighted by molar-refractivity contribution is -0.119. The van der Waals surface area contributed by atoms with Crippen molar-refractivity contribution >= 4 is 22.7 Å². The highest BCUT2D eigenvalue weighted by Crippen LogP contribution is 2.33. The van der Waals surface area contributed by atoms with Crippen molar-refractivity contribution in [1.29, 1.82) is 0 Å². The molecule has 0 spiro atoms. The second-order valence-electron chi connectivity index (χ2n) is 9.24.